The highest BCUT2D eigenvalue weighted by Gasteiger charge is 2.29. The molecule has 1 atom stereocenters. The van der Waals surface area contributed by atoms with Gasteiger partial charge in [-0.15, -0.1) is 0 Å². The molecule has 17 heavy (non-hydrogen) atoms. The van der Waals surface area contributed by atoms with Crippen molar-refractivity contribution < 1.29 is 9.47 Å². The number of benzene rings is 1. The molecule has 1 saturated heterocycles. The van der Waals surface area contributed by atoms with E-state index >= 15 is 0 Å². The molecule has 92 valence electrons. The summed E-state index contributed by atoms with van der Waals surface area (Å²) in [5, 5.41) is 0. The van der Waals surface area contributed by atoms with Crippen LogP contribution in [0.3, 0.4) is 0 Å². The van der Waals surface area contributed by atoms with Crippen molar-refractivity contribution in [3.63, 3.8) is 0 Å². The Bertz CT molecular complexity index is 402. The van der Waals surface area contributed by atoms with Gasteiger partial charge in [-0.3, -0.25) is 4.90 Å². The first-order chi connectivity index (χ1) is 8.36. The van der Waals surface area contributed by atoms with Gasteiger partial charge in [0.2, 0.25) is 0 Å². The van der Waals surface area contributed by atoms with Gasteiger partial charge in [-0.05, 0) is 12.1 Å². The molecule has 2 aliphatic rings. The summed E-state index contributed by atoms with van der Waals surface area (Å²) >= 11 is 0. The quantitative estimate of drug-likeness (QED) is 0.747. The molecule has 4 nitrogen and oxygen atoms in total. The topological polar surface area (TPSA) is 47.7 Å². The minimum atomic E-state index is 0.392. The first-order valence-electron chi connectivity index (χ1n) is 6.19. The number of nitrogens with zero attached hydrogens (tertiary/aromatic N) is 1. The van der Waals surface area contributed by atoms with Crippen LogP contribution in [0.15, 0.2) is 18.2 Å². The lowest BCUT2D eigenvalue weighted by Gasteiger charge is -2.38. The van der Waals surface area contributed by atoms with Gasteiger partial charge >= 0.3 is 0 Å². The van der Waals surface area contributed by atoms with Gasteiger partial charge in [0.1, 0.15) is 5.75 Å². The number of anilines is 1. The van der Waals surface area contributed by atoms with Crippen LogP contribution in [0.5, 0.6) is 5.75 Å². The molecule has 1 aromatic rings. The lowest BCUT2D eigenvalue weighted by Crippen LogP contribution is -2.41. The van der Waals surface area contributed by atoms with Crippen LogP contribution < -0.4 is 10.5 Å². The van der Waals surface area contributed by atoms with Crippen molar-refractivity contribution in [3.05, 3.63) is 23.8 Å². The molecule has 0 radical (unpaired) electrons. The average Bonchev–Trinajstić information content (AvgIpc) is 2.39. The number of rotatable bonds is 1. The number of hydrogen-bond acceptors (Lipinski definition) is 4. The maximum atomic E-state index is 6.10. The van der Waals surface area contributed by atoms with Gasteiger partial charge in [-0.1, -0.05) is 6.07 Å². The number of hydrogen-bond donors (Lipinski definition) is 1. The van der Waals surface area contributed by atoms with E-state index in [4.69, 9.17) is 15.2 Å². The molecule has 0 bridgehead atoms. The van der Waals surface area contributed by atoms with Gasteiger partial charge in [-0.25, -0.2) is 0 Å². The lowest BCUT2D eigenvalue weighted by atomic mass is 9.97. The highest BCUT2D eigenvalue weighted by atomic mass is 16.5. The Hall–Kier alpha value is -1.26. The summed E-state index contributed by atoms with van der Waals surface area (Å²) in [7, 11) is 0. The Morgan fingerprint density at radius 3 is 2.82 bits per heavy atom. The molecule has 0 spiro atoms. The average molecular weight is 234 g/mol. The van der Waals surface area contributed by atoms with Crippen molar-refractivity contribution in [3.8, 4) is 5.75 Å². The Kier molecular flexibility index (Phi) is 2.91. The van der Waals surface area contributed by atoms with E-state index in [9.17, 15) is 0 Å². The molecule has 4 heteroatoms. The molecule has 2 aliphatic heterocycles. The second kappa shape index (κ2) is 4.55. The number of morpholine rings is 1. The Labute approximate surface area is 101 Å². The van der Waals surface area contributed by atoms with Gasteiger partial charge in [0.05, 0.1) is 19.8 Å². The molecule has 3 rings (SSSR count). The zero-order valence-electron chi connectivity index (χ0n) is 9.89. The molecular formula is C13H18N2O2. The van der Waals surface area contributed by atoms with Crippen molar-refractivity contribution >= 4 is 5.69 Å². The third-order valence-electron chi connectivity index (χ3n) is 3.57. The second-order valence-electron chi connectivity index (χ2n) is 4.56. The van der Waals surface area contributed by atoms with Crippen LogP contribution in [0.1, 0.15) is 18.0 Å². The summed E-state index contributed by atoms with van der Waals surface area (Å²) < 4.78 is 11.1. The minimum absolute atomic E-state index is 0.392. The Morgan fingerprint density at radius 1 is 1.18 bits per heavy atom. The molecule has 1 aromatic carbocycles. The maximum Gasteiger partial charge on any atom is 0.126 e. The molecule has 2 N–H and O–H groups in total. The van der Waals surface area contributed by atoms with E-state index in [1.54, 1.807) is 0 Å². The van der Waals surface area contributed by atoms with E-state index in [0.29, 0.717) is 6.04 Å². The molecule has 2 heterocycles. The van der Waals surface area contributed by atoms with Gasteiger partial charge in [0, 0.05) is 36.8 Å². The highest BCUT2D eigenvalue weighted by Crippen LogP contribution is 2.39. The van der Waals surface area contributed by atoms with Gasteiger partial charge in [-0.2, -0.15) is 0 Å². The molecule has 0 aromatic heterocycles. The van der Waals surface area contributed by atoms with Crippen LogP contribution in [0.2, 0.25) is 0 Å². The third kappa shape index (κ3) is 1.98. The third-order valence-corrected chi connectivity index (χ3v) is 3.57. The standard InChI is InChI=1S/C13H18N2O2/c14-10-2-1-3-12-13(10)11(4-7-17-12)15-5-8-16-9-6-15/h1-3,11H,4-9,14H2. The summed E-state index contributed by atoms with van der Waals surface area (Å²) in [6, 6.07) is 6.32. The van der Waals surface area contributed by atoms with E-state index in [1.807, 2.05) is 18.2 Å². The summed E-state index contributed by atoms with van der Waals surface area (Å²) in [4.78, 5) is 2.46. The lowest BCUT2D eigenvalue weighted by molar-refractivity contribution is 0.00729. The van der Waals surface area contributed by atoms with Crippen molar-refractivity contribution in [2.24, 2.45) is 0 Å². The fourth-order valence-corrected chi connectivity index (χ4v) is 2.72. The summed E-state index contributed by atoms with van der Waals surface area (Å²) in [5.41, 5.74) is 8.11. The van der Waals surface area contributed by atoms with E-state index in [1.165, 1.54) is 5.56 Å². The van der Waals surface area contributed by atoms with Gasteiger partial charge < -0.3 is 15.2 Å². The smallest absolute Gasteiger partial charge is 0.126 e. The second-order valence-corrected chi connectivity index (χ2v) is 4.56. The number of nitrogens with two attached hydrogens (primary N) is 1. The molecule has 1 unspecified atom stereocenters. The summed E-state index contributed by atoms with van der Waals surface area (Å²) in [6.45, 7) is 4.38. The van der Waals surface area contributed by atoms with Crippen LogP contribution in [-0.4, -0.2) is 37.8 Å². The zero-order valence-corrected chi connectivity index (χ0v) is 9.89. The predicted octanol–water partition coefficient (Wildman–Crippen LogP) is 1.42. The van der Waals surface area contributed by atoms with Crippen molar-refractivity contribution in [1.82, 2.24) is 4.90 Å². The van der Waals surface area contributed by atoms with E-state index in [0.717, 1.165) is 50.8 Å². The van der Waals surface area contributed by atoms with Crippen LogP contribution in [0, 0.1) is 0 Å². The number of fused-ring (bicyclic) bond motifs is 1. The highest BCUT2D eigenvalue weighted by molar-refractivity contribution is 5.56. The van der Waals surface area contributed by atoms with E-state index in [-0.39, 0.29) is 0 Å². The monoisotopic (exact) mass is 234 g/mol. The molecule has 0 amide bonds. The van der Waals surface area contributed by atoms with Crippen LogP contribution >= 0.6 is 0 Å². The van der Waals surface area contributed by atoms with E-state index in [2.05, 4.69) is 4.90 Å². The number of ether oxygens (including phenoxy) is 2. The van der Waals surface area contributed by atoms with Crippen LogP contribution in [0.25, 0.3) is 0 Å². The largest absolute Gasteiger partial charge is 0.493 e. The number of nitrogen functional groups attached to an aromatic ring is 1. The van der Waals surface area contributed by atoms with Crippen LogP contribution in [-0.2, 0) is 4.74 Å². The van der Waals surface area contributed by atoms with Gasteiger partial charge in [0.15, 0.2) is 0 Å². The fourth-order valence-electron chi connectivity index (χ4n) is 2.72. The normalized spacial score (nSPS) is 25.1. The molecule has 1 fully saturated rings. The molecule has 0 saturated carbocycles. The van der Waals surface area contributed by atoms with Crippen molar-refractivity contribution in [2.45, 2.75) is 12.5 Å². The minimum Gasteiger partial charge on any atom is -0.493 e. The zero-order chi connectivity index (χ0) is 11.7. The van der Waals surface area contributed by atoms with Crippen LogP contribution in [0.4, 0.5) is 5.69 Å². The Morgan fingerprint density at radius 2 is 2.00 bits per heavy atom. The molecule has 0 aliphatic carbocycles. The first kappa shape index (κ1) is 10.9. The van der Waals surface area contributed by atoms with E-state index < -0.39 is 0 Å². The first-order valence-corrected chi connectivity index (χ1v) is 6.19. The van der Waals surface area contributed by atoms with Crippen molar-refractivity contribution in [1.29, 1.82) is 0 Å². The fraction of sp³-hybridized carbons (Fsp3) is 0.538. The Balaban J connectivity index is 1.92. The summed E-state index contributed by atoms with van der Waals surface area (Å²) in [5.74, 6) is 0.952. The SMILES string of the molecule is Nc1cccc2c1C(N1CCOCC1)CCO2. The molecular weight excluding hydrogens is 216 g/mol. The van der Waals surface area contributed by atoms with Gasteiger partial charge in [0.25, 0.3) is 0 Å². The van der Waals surface area contributed by atoms with Crippen molar-refractivity contribution in [2.75, 3.05) is 38.6 Å². The summed E-state index contributed by atoms with van der Waals surface area (Å²) in [6.07, 6.45) is 1.02. The maximum absolute atomic E-state index is 6.10. The predicted molar refractivity (Wildman–Crippen MR) is 66.1 cm³/mol.